The molecular weight excluding hydrogens is 452 g/mol. The SMILES string of the molecule is C=C[C@H]1CC[C@H](Cn2c(C3CC3)nc3nc(-c4n[nH]c(=O)o4)nc(-c4cccc(Cl)c4)c32)CC1. The van der Waals surface area contributed by atoms with Gasteiger partial charge in [-0.1, -0.05) is 29.8 Å². The maximum Gasteiger partial charge on any atom is 0.434 e. The van der Waals surface area contributed by atoms with Crippen LogP contribution in [0.25, 0.3) is 34.1 Å². The Morgan fingerprint density at radius 3 is 2.65 bits per heavy atom. The minimum Gasteiger partial charge on any atom is -0.384 e. The maximum absolute atomic E-state index is 11.6. The van der Waals surface area contributed by atoms with Gasteiger partial charge >= 0.3 is 5.76 Å². The second kappa shape index (κ2) is 8.51. The van der Waals surface area contributed by atoms with E-state index in [4.69, 9.17) is 26.0 Å². The first-order chi connectivity index (χ1) is 16.6. The van der Waals surface area contributed by atoms with Crippen molar-refractivity contribution in [1.82, 2.24) is 29.7 Å². The highest BCUT2D eigenvalue weighted by atomic mass is 35.5. The van der Waals surface area contributed by atoms with Gasteiger partial charge in [0.2, 0.25) is 5.82 Å². The molecule has 0 radical (unpaired) electrons. The summed E-state index contributed by atoms with van der Waals surface area (Å²) in [5.41, 5.74) is 3.06. The monoisotopic (exact) mass is 476 g/mol. The van der Waals surface area contributed by atoms with Crippen LogP contribution in [-0.2, 0) is 6.54 Å². The molecule has 0 atom stereocenters. The second-order valence-electron chi connectivity index (χ2n) is 9.37. The zero-order valence-electron chi connectivity index (χ0n) is 18.7. The van der Waals surface area contributed by atoms with Crippen molar-refractivity contribution in [3.05, 3.63) is 58.3 Å². The number of hydrogen-bond donors (Lipinski definition) is 1. The highest BCUT2D eigenvalue weighted by Crippen LogP contribution is 2.43. The van der Waals surface area contributed by atoms with Crippen LogP contribution in [-0.4, -0.2) is 29.7 Å². The van der Waals surface area contributed by atoms with Gasteiger partial charge in [-0.3, -0.25) is 0 Å². The van der Waals surface area contributed by atoms with Gasteiger partial charge in [-0.25, -0.2) is 24.8 Å². The number of aromatic amines is 1. The molecule has 8 nitrogen and oxygen atoms in total. The van der Waals surface area contributed by atoms with Crippen LogP contribution in [0.2, 0.25) is 5.02 Å². The summed E-state index contributed by atoms with van der Waals surface area (Å²) in [6, 6.07) is 7.60. The van der Waals surface area contributed by atoms with Crippen LogP contribution in [0.1, 0.15) is 50.3 Å². The van der Waals surface area contributed by atoms with E-state index in [1.165, 1.54) is 25.7 Å². The zero-order valence-corrected chi connectivity index (χ0v) is 19.5. The number of H-pyrrole nitrogens is 1. The van der Waals surface area contributed by atoms with E-state index in [2.05, 4.69) is 32.4 Å². The Hall–Kier alpha value is -3.26. The molecule has 6 rings (SSSR count). The molecule has 9 heteroatoms. The standard InChI is InChI=1S/C25H25ClN6O2/c1-2-14-6-8-15(9-7-14)13-32-20-19(17-4-3-5-18(26)12-17)27-22(24-30-31-25(33)34-24)28-21(20)29-23(32)16-10-11-16/h2-5,12,14-16H,1,6-11,13H2,(H,31,33)/t14-,15-. The fourth-order valence-electron chi connectivity index (χ4n) is 5.01. The quantitative estimate of drug-likeness (QED) is 0.376. The minimum atomic E-state index is -0.651. The van der Waals surface area contributed by atoms with Crippen molar-refractivity contribution < 1.29 is 4.42 Å². The molecule has 0 spiro atoms. The maximum atomic E-state index is 11.6. The van der Waals surface area contributed by atoms with Crippen LogP contribution >= 0.6 is 11.6 Å². The van der Waals surface area contributed by atoms with Crippen LogP contribution in [0.5, 0.6) is 0 Å². The lowest BCUT2D eigenvalue weighted by molar-refractivity contribution is 0.281. The largest absolute Gasteiger partial charge is 0.434 e. The summed E-state index contributed by atoms with van der Waals surface area (Å²) in [6.07, 6.45) is 9.06. The van der Waals surface area contributed by atoms with Crippen molar-refractivity contribution in [2.45, 2.75) is 51.0 Å². The van der Waals surface area contributed by atoms with Crippen LogP contribution in [0.4, 0.5) is 0 Å². The lowest BCUT2D eigenvalue weighted by Gasteiger charge is -2.27. The Balaban J connectivity index is 1.52. The van der Waals surface area contributed by atoms with Gasteiger partial charge in [0.05, 0.1) is 0 Å². The number of fused-ring (bicyclic) bond motifs is 1. The van der Waals surface area contributed by atoms with E-state index < -0.39 is 5.76 Å². The van der Waals surface area contributed by atoms with E-state index in [0.717, 1.165) is 36.3 Å². The molecule has 1 aromatic carbocycles. The van der Waals surface area contributed by atoms with Gasteiger partial charge in [0.25, 0.3) is 5.89 Å². The van der Waals surface area contributed by atoms with Crippen LogP contribution in [0, 0.1) is 11.8 Å². The van der Waals surface area contributed by atoms with E-state index in [0.29, 0.717) is 34.1 Å². The fraction of sp³-hybridized carbons (Fsp3) is 0.400. The van der Waals surface area contributed by atoms with Crippen molar-refractivity contribution in [2.24, 2.45) is 11.8 Å². The van der Waals surface area contributed by atoms with Crippen molar-refractivity contribution in [3.8, 4) is 23.0 Å². The third kappa shape index (κ3) is 3.96. The number of nitrogens with one attached hydrogen (secondary N) is 1. The van der Waals surface area contributed by atoms with Gasteiger partial charge < -0.3 is 8.98 Å². The summed E-state index contributed by atoms with van der Waals surface area (Å²) in [5, 5.41) is 6.84. The molecule has 3 aromatic heterocycles. The molecule has 174 valence electrons. The number of benzene rings is 1. The number of rotatable bonds is 6. The molecule has 0 amide bonds. The van der Waals surface area contributed by atoms with Gasteiger partial charge in [-0.2, -0.15) is 0 Å². The second-order valence-corrected chi connectivity index (χ2v) is 9.80. The predicted molar refractivity (Wildman–Crippen MR) is 130 cm³/mol. The van der Waals surface area contributed by atoms with E-state index in [1.54, 1.807) is 0 Å². The molecule has 3 heterocycles. The third-order valence-electron chi connectivity index (χ3n) is 6.97. The molecule has 34 heavy (non-hydrogen) atoms. The summed E-state index contributed by atoms with van der Waals surface area (Å²) < 4.78 is 7.50. The van der Waals surface area contributed by atoms with E-state index in [-0.39, 0.29) is 11.7 Å². The molecule has 1 N–H and O–H groups in total. The van der Waals surface area contributed by atoms with Crippen molar-refractivity contribution in [2.75, 3.05) is 0 Å². The van der Waals surface area contributed by atoms with E-state index >= 15 is 0 Å². The molecule has 2 aliphatic rings. The number of allylic oxidation sites excluding steroid dienone is 1. The first-order valence-electron chi connectivity index (χ1n) is 11.8. The Labute approximate surface area is 201 Å². The summed E-state index contributed by atoms with van der Waals surface area (Å²) in [6.45, 7) is 4.87. The van der Waals surface area contributed by atoms with Crippen LogP contribution in [0.3, 0.4) is 0 Å². The fourth-order valence-corrected chi connectivity index (χ4v) is 5.20. The normalized spacial score (nSPS) is 20.6. The van der Waals surface area contributed by atoms with Crippen molar-refractivity contribution >= 4 is 22.8 Å². The predicted octanol–water partition coefficient (Wildman–Crippen LogP) is 5.36. The molecule has 4 aromatic rings. The van der Waals surface area contributed by atoms with Gasteiger partial charge in [0.15, 0.2) is 5.65 Å². The van der Waals surface area contributed by atoms with E-state index in [9.17, 15) is 4.79 Å². The van der Waals surface area contributed by atoms with Crippen LogP contribution in [0.15, 0.2) is 46.1 Å². The number of aromatic nitrogens is 6. The third-order valence-corrected chi connectivity index (χ3v) is 7.20. The highest BCUT2D eigenvalue weighted by molar-refractivity contribution is 6.30. The van der Waals surface area contributed by atoms with Crippen molar-refractivity contribution in [1.29, 1.82) is 0 Å². The molecule has 0 bridgehead atoms. The number of imidazole rings is 1. The Bertz CT molecular complexity index is 1420. The molecule has 2 saturated carbocycles. The summed E-state index contributed by atoms with van der Waals surface area (Å²) >= 11 is 6.34. The Morgan fingerprint density at radius 2 is 1.97 bits per heavy atom. The van der Waals surface area contributed by atoms with Gasteiger partial charge in [-0.05, 0) is 62.5 Å². The molecule has 0 saturated heterocycles. The highest BCUT2D eigenvalue weighted by Gasteiger charge is 2.33. The summed E-state index contributed by atoms with van der Waals surface area (Å²) in [7, 11) is 0. The van der Waals surface area contributed by atoms with Gasteiger partial charge in [-0.15, -0.1) is 11.7 Å². The van der Waals surface area contributed by atoms with Crippen LogP contribution < -0.4 is 5.76 Å². The summed E-state index contributed by atoms with van der Waals surface area (Å²) in [4.78, 5) is 26.0. The first-order valence-corrected chi connectivity index (χ1v) is 12.2. The lowest BCUT2D eigenvalue weighted by atomic mass is 9.82. The number of nitrogens with zero attached hydrogens (tertiary/aromatic N) is 5. The average Bonchev–Trinajstić information content (AvgIpc) is 3.50. The van der Waals surface area contributed by atoms with E-state index in [1.807, 2.05) is 24.3 Å². The molecule has 0 unspecified atom stereocenters. The zero-order chi connectivity index (χ0) is 23.2. The van der Waals surface area contributed by atoms with Crippen molar-refractivity contribution in [3.63, 3.8) is 0 Å². The van der Waals surface area contributed by atoms with Gasteiger partial charge in [0.1, 0.15) is 17.0 Å². The van der Waals surface area contributed by atoms with Gasteiger partial charge in [0, 0.05) is 23.0 Å². The summed E-state index contributed by atoms with van der Waals surface area (Å²) in [5.74, 6) is 2.32. The molecule has 2 aliphatic carbocycles. The Morgan fingerprint density at radius 1 is 1.15 bits per heavy atom. The number of hydrogen-bond acceptors (Lipinski definition) is 6. The molecule has 0 aliphatic heterocycles. The molecule has 2 fully saturated rings. The Kier molecular flexibility index (Phi) is 5.32. The number of halogens is 1. The minimum absolute atomic E-state index is 0.0421. The lowest BCUT2D eigenvalue weighted by Crippen LogP contribution is -2.19. The smallest absolute Gasteiger partial charge is 0.384 e. The topological polar surface area (TPSA) is 102 Å². The average molecular weight is 477 g/mol. The first kappa shape index (κ1) is 21.3. The molecular formula is C25H25ClN6O2.